The van der Waals surface area contributed by atoms with Crippen LogP contribution in [0.15, 0.2) is 61.1 Å². The number of aromatic nitrogens is 2. The first-order valence-corrected chi connectivity index (χ1v) is 8.59. The Morgan fingerprint density at radius 1 is 1.26 bits per heavy atom. The van der Waals surface area contributed by atoms with Crippen LogP contribution in [-0.2, 0) is 17.9 Å². The molecule has 1 aromatic heterocycles. The van der Waals surface area contributed by atoms with E-state index in [0.29, 0.717) is 18.8 Å². The van der Waals surface area contributed by atoms with Crippen LogP contribution in [0.1, 0.15) is 22.9 Å². The zero-order chi connectivity index (χ0) is 18.8. The fraction of sp³-hybridized carbons (Fsp3) is 0.190. The number of hydrogen-bond donors (Lipinski definition) is 0. The molecular weight excluding hydrogens is 340 g/mol. The molecule has 0 aliphatic carbocycles. The molecule has 0 spiro atoms. The number of amides is 1. The first kappa shape index (κ1) is 16.9. The molecule has 1 aliphatic rings. The van der Waals surface area contributed by atoms with Crippen LogP contribution in [0.2, 0.25) is 0 Å². The van der Waals surface area contributed by atoms with E-state index in [2.05, 4.69) is 9.83 Å². The van der Waals surface area contributed by atoms with Gasteiger partial charge in [0, 0.05) is 12.7 Å². The molecule has 27 heavy (non-hydrogen) atoms. The number of fused-ring (bicyclic) bond motifs is 1. The Kier molecular flexibility index (Phi) is 4.35. The van der Waals surface area contributed by atoms with E-state index in [4.69, 9.17) is 11.3 Å². The summed E-state index contributed by atoms with van der Waals surface area (Å²) >= 11 is 0. The van der Waals surface area contributed by atoms with E-state index in [1.54, 1.807) is 31.8 Å². The maximum absolute atomic E-state index is 13.3. The first-order chi connectivity index (χ1) is 13.2. The highest BCUT2D eigenvalue weighted by molar-refractivity contribution is 5.85. The molecule has 2 aromatic carbocycles. The van der Waals surface area contributed by atoms with E-state index in [1.807, 2.05) is 45.9 Å². The minimum atomic E-state index is -0.504. The van der Waals surface area contributed by atoms with Crippen molar-refractivity contribution in [2.75, 3.05) is 7.11 Å². The molecule has 2 heterocycles. The largest absolute Gasteiger partial charge is 0.497 e. The van der Waals surface area contributed by atoms with Gasteiger partial charge < -0.3 is 14.2 Å². The smallest absolute Gasteiger partial charge is 0.250 e. The Morgan fingerprint density at radius 2 is 2.07 bits per heavy atom. The normalized spacial score (nSPS) is 15.9. The van der Waals surface area contributed by atoms with Crippen LogP contribution in [0, 0.1) is 6.57 Å². The van der Waals surface area contributed by atoms with Crippen LogP contribution >= 0.6 is 0 Å². The lowest BCUT2D eigenvalue weighted by molar-refractivity contribution is -0.136. The summed E-state index contributed by atoms with van der Waals surface area (Å²) in [5, 5.41) is 0. The molecule has 0 saturated carbocycles. The molecule has 1 atom stereocenters. The summed E-state index contributed by atoms with van der Waals surface area (Å²) in [6, 6.07) is 14.4. The lowest BCUT2D eigenvalue weighted by Gasteiger charge is -2.34. The molecular formula is C21H18N4O2. The molecule has 3 aromatic rings. The van der Waals surface area contributed by atoms with Gasteiger partial charge >= 0.3 is 0 Å². The van der Waals surface area contributed by atoms with Gasteiger partial charge in [-0.25, -0.2) is 9.83 Å². The zero-order valence-electron chi connectivity index (χ0n) is 14.9. The Morgan fingerprint density at radius 3 is 2.81 bits per heavy atom. The summed E-state index contributed by atoms with van der Waals surface area (Å²) < 4.78 is 7.10. The predicted octanol–water partition coefficient (Wildman–Crippen LogP) is 3.57. The van der Waals surface area contributed by atoms with Gasteiger partial charge in [0.15, 0.2) is 5.69 Å². The van der Waals surface area contributed by atoms with Crippen LogP contribution < -0.4 is 4.74 Å². The van der Waals surface area contributed by atoms with Gasteiger partial charge in [-0.3, -0.25) is 4.79 Å². The van der Waals surface area contributed by atoms with E-state index >= 15 is 0 Å². The number of methoxy groups -OCH3 is 1. The molecule has 0 N–H and O–H groups in total. The Bertz CT molecular complexity index is 1020. The van der Waals surface area contributed by atoms with Crippen molar-refractivity contribution in [3.05, 3.63) is 89.3 Å². The standard InChI is InChI=1S/C21H18N4O2/c1-22-17-5-3-4-16(10-17)20-21(26)24(13-18-11-23-14-25(18)20)12-15-6-8-19(27-2)9-7-15/h3-11,14,20H,12-13H2,2H3. The Balaban J connectivity index is 1.67. The molecule has 0 radical (unpaired) electrons. The fourth-order valence-electron chi connectivity index (χ4n) is 3.41. The third-order valence-electron chi connectivity index (χ3n) is 4.77. The second-order valence-electron chi connectivity index (χ2n) is 6.44. The van der Waals surface area contributed by atoms with Crippen LogP contribution in [0.25, 0.3) is 4.85 Å². The van der Waals surface area contributed by atoms with Gasteiger partial charge in [-0.05, 0) is 23.3 Å². The highest BCUT2D eigenvalue weighted by Gasteiger charge is 2.34. The van der Waals surface area contributed by atoms with Crippen molar-refractivity contribution in [3.63, 3.8) is 0 Å². The summed E-state index contributed by atoms with van der Waals surface area (Å²) in [4.78, 5) is 22.8. The van der Waals surface area contributed by atoms with E-state index in [-0.39, 0.29) is 5.91 Å². The van der Waals surface area contributed by atoms with Gasteiger partial charge in [-0.1, -0.05) is 36.4 Å². The minimum absolute atomic E-state index is 0.00144. The molecule has 0 bridgehead atoms. The van der Waals surface area contributed by atoms with Gasteiger partial charge in [0.25, 0.3) is 5.91 Å². The summed E-state index contributed by atoms with van der Waals surface area (Å²) in [5.41, 5.74) is 3.33. The molecule has 1 amide bonds. The van der Waals surface area contributed by atoms with Crippen LogP contribution in [0.4, 0.5) is 5.69 Å². The molecule has 0 saturated heterocycles. The van der Waals surface area contributed by atoms with Gasteiger partial charge in [0.2, 0.25) is 0 Å². The molecule has 134 valence electrons. The van der Waals surface area contributed by atoms with Crippen molar-refractivity contribution in [3.8, 4) is 5.75 Å². The van der Waals surface area contributed by atoms with Crippen LogP contribution in [0.3, 0.4) is 0 Å². The third-order valence-corrected chi connectivity index (χ3v) is 4.77. The summed E-state index contributed by atoms with van der Waals surface area (Å²) in [6.45, 7) is 8.25. The molecule has 0 fully saturated rings. The Hall–Kier alpha value is -3.59. The van der Waals surface area contributed by atoms with E-state index in [0.717, 1.165) is 22.6 Å². The summed E-state index contributed by atoms with van der Waals surface area (Å²) in [6.07, 6.45) is 3.48. The monoisotopic (exact) mass is 358 g/mol. The quantitative estimate of drug-likeness (QED) is 0.670. The highest BCUT2D eigenvalue weighted by atomic mass is 16.5. The predicted molar refractivity (Wildman–Crippen MR) is 100 cm³/mol. The number of hydrogen-bond acceptors (Lipinski definition) is 3. The molecule has 1 aliphatic heterocycles. The maximum Gasteiger partial charge on any atom is 0.250 e. The molecule has 1 unspecified atom stereocenters. The highest BCUT2D eigenvalue weighted by Crippen LogP contribution is 2.31. The van der Waals surface area contributed by atoms with E-state index in [9.17, 15) is 4.79 Å². The van der Waals surface area contributed by atoms with Gasteiger partial charge in [0.1, 0.15) is 11.8 Å². The minimum Gasteiger partial charge on any atom is -0.497 e. The van der Waals surface area contributed by atoms with Crippen LogP contribution in [0.5, 0.6) is 5.75 Å². The topological polar surface area (TPSA) is 51.7 Å². The van der Waals surface area contributed by atoms with Crippen molar-refractivity contribution in [2.45, 2.75) is 19.1 Å². The average molecular weight is 358 g/mol. The van der Waals surface area contributed by atoms with Crippen molar-refractivity contribution in [1.29, 1.82) is 0 Å². The second kappa shape index (κ2) is 6.96. The molecule has 4 rings (SSSR count). The number of rotatable bonds is 4. The summed E-state index contributed by atoms with van der Waals surface area (Å²) in [7, 11) is 1.63. The number of benzene rings is 2. The van der Waals surface area contributed by atoms with E-state index in [1.165, 1.54) is 0 Å². The lowest BCUT2D eigenvalue weighted by atomic mass is 10.0. The zero-order valence-corrected chi connectivity index (χ0v) is 14.9. The van der Waals surface area contributed by atoms with Crippen LogP contribution in [-0.4, -0.2) is 27.5 Å². The fourth-order valence-corrected chi connectivity index (χ4v) is 3.41. The average Bonchev–Trinajstić information content (AvgIpc) is 3.17. The van der Waals surface area contributed by atoms with Gasteiger partial charge in [-0.15, -0.1) is 0 Å². The number of carbonyl (C=O) groups excluding carboxylic acids is 1. The number of imidazole rings is 1. The van der Waals surface area contributed by atoms with E-state index < -0.39 is 6.04 Å². The van der Waals surface area contributed by atoms with Crippen molar-refractivity contribution < 1.29 is 9.53 Å². The SMILES string of the molecule is [C-]#[N+]c1cccc(C2C(=O)N(Cc3ccc(OC)cc3)Cc3cncn32)c1. The number of ether oxygens (including phenoxy) is 1. The summed E-state index contributed by atoms with van der Waals surface area (Å²) in [5.74, 6) is 0.786. The third kappa shape index (κ3) is 3.15. The van der Waals surface area contributed by atoms with Gasteiger partial charge in [0.05, 0.1) is 32.2 Å². The lowest BCUT2D eigenvalue weighted by Crippen LogP contribution is -2.42. The number of nitrogens with zero attached hydrogens (tertiary/aromatic N) is 4. The molecule has 6 heteroatoms. The second-order valence-corrected chi connectivity index (χ2v) is 6.44. The maximum atomic E-state index is 13.3. The molecule has 6 nitrogen and oxygen atoms in total. The first-order valence-electron chi connectivity index (χ1n) is 8.59. The number of carbonyl (C=O) groups is 1. The Labute approximate surface area is 157 Å². The van der Waals surface area contributed by atoms with Crippen molar-refractivity contribution >= 4 is 11.6 Å². The van der Waals surface area contributed by atoms with Crippen molar-refractivity contribution in [1.82, 2.24) is 14.5 Å². The van der Waals surface area contributed by atoms with Crippen molar-refractivity contribution in [2.24, 2.45) is 0 Å². The van der Waals surface area contributed by atoms with Gasteiger partial charge in [-0.2, -0.15) is 0 Å².